The Morgan fingerprint density at radius 3 is 2.48 bits per heavy atom. The van der Waals surface area contributed by atoms with Crippen LogP contribution >= 0.6 is 0 Å². The maximum atomic E-state index is 12.9. The Labute approximate surface area is 237 Å². The zero-order valence-corrected chi connectivity index (χ0v) is 24.3. The molecule has 3 heterocycles. The molecule has 1 aromatic heterocycles. The highest BCUT2D eigenvalue weighted by molar-refractivity contribution is 6.05. The van der Waals surface area contributed by atoms with Crippen molar-refractivity contribution in [3.05, 3.63) is 59.4 Å². The second-order valence-electron chi connectivity index (χ2n) is 12.5. The Bertz CT molecular complexity index is 1320. The van der Waals surface area contributed by atoms with E-state index in [-0.39, 0.29) is 12.0 Å². The van der Waals surface area contributed by atoms with Crippen LogP contribution < -0.4 is 5.32 Å². The second-order valence-corrected chi connectivity index (χ2v) is 12.5. The van der Waals surface area contributed by atoms with Gasteiger partial charge in [-0.25, -0.2) is 9.78 Å². The minimum atomic E-state index is -0.458. The number of ether oxygens (including phenoxy) is 1. The highest BCUT2D eigenvalue weighted by Crippen LogP contribution is 2.25. The summed E-state index contributed by atoms with van der Waals surface area (Å²) in [5.74, 6) is 1.45. The molecule has 0 bridgehead atoms. The van der Waals surface area contributed by atoms with Crippen LogP contribution in [-0.2, 0) is 17.7 Å². The Morgan fingerprint density at radius 1 is 1.05 bits per heavy atom. The highest BCUT2D eigenvalue weighted by Gasteiger charge is 2.27. The molecule has 40 heavy (non-hydrogen) atoms. The number of H-pyrrole nitrogens is 1. The van der Waals surface area contributed by atoms with Crippen molar-refractivity contribution >= 4 is 28.7 Å². The van der Waals surface area contributed by atoms with E-state index in [1.807, 2.05) is 56.0 Å². The largest absolute Gasteiger partial charge is 0.444 e. The summed E-state index contributed by atoms with van der Waals surface area (Å²) < 4.78 is 5.50. The molecule has 2 amide bonds. The zero-order valence-electron chi connectivity index (χ0n) is 24.3. The van der Waals surface area contributed by atoms with E-state index in [0.29, 0.717) is 17.5 Å². The number of nitrogens with zero attached hydrogens (tertiary/aromatic N) is 3. The van der Waals surface area contributed by atoms with Gasteiger partial charge in [-0.15, -0.1) is 0 Å². The van der Waals surface area contributed by atoms with Crippen molar-refractivity contribution < 1.29 is 14.3 Å². The summed E-state index contributed by atoms with van der Waals surface area (Å²) in [5, 5.41) is 3.03. The number of likely N-dealkylation sites (tertiary alicyclic amines) is 2. The molecule has 1 atom stereocenters. The summed E-state index contributed by atoms with van der Waals surface area (Å²) in [6.45, 7) is 11.4. The first-order valence-corrected chi connectivity index (χ1v) is 14.7. The lowest BCUT2D eigenvalue weighted by Gasteiger charge is -2.33. The van der Waals surface area contributed by atoms with Crippen LogP contribution in [0.1, 0.15) is 81.5 Å². The quantitative estimate of drug-likeness (QED) is 0.360. The van der Waals surface area contributed by atoms with Crippen LogP contribution in [0.15, 0.2) is 42.5 Å². The van der Waals surface area contributed by atoms with Crippen molar-refractivity contribution in [1.29, 1.82) is 0 Å². The van der Waals surface area contributed by atoms with E-state index in [0.717, 1.165) is 74.4 Å². The van der Waals surface area contributed by atoms with E-state index in [1.165, 1.54) is 18.4 Å². The van der Waals surface area contributed by atoms with Crippen LogP contribution in [0.5, 0.6) is 0 Å². The normalized spacial score (nSPS) is 18.8. The van der Waals surface area contributed by atoms with Gasteiger partial charge in [-0.1, -0.05) is 12.1 Å². The molecule has 2 saturated heterocycles. The summed E-state index contributed by atoms with van der Waals surface area (Å²) >= 11 is 0. The van der Waals surface area contributed by atoms with Gasteiger partial charge in [-0.2, -0.15) is 0 Å². The SMILES string of the molecule is C[C@H]1CCCN1Cc1nc2ccc(NC(=O)c3ccc(CCC4CCN(C(=O)OC(C)(C)C)CC4)cc3)cc2[nH]1. The number of imidazole rings is 1. The second kappa shape index (κ2) is 12.0. The van der Waals surface area contributed by atoms with Crippen molar-refractivity contribution in [1.82, 2.24) is 19.8 Å². The minimum Gasteiger partial charge on any atom is -0.444 e. The van der Waals surface area contributed by atoms with Gasteiger partial charge in [0.15, 0.2) is 0 Å². The molecule has 2 aromatic carbocycles. The number of fused-ring (bicyclic) bond motifs is 1. The molecule has 214 valence electrons. The molecule has 2 fully saturated rings. The Hall–Kier alpha value is -3.39. The molecular formula is C32H43N5O3. The summed E-state index contributed by atoms with van der Waals surface area (Å²) in [6, 6.07) is 14.3. The molecule has 2 aliphatic rings. The molecule has 0 spiro atoms. The van der Waals surface area contributed by atoms with Gasteiger partial charge in [0, 0.05) is 30.4 Å². The van der Waals surface area contributed by atoms with Gasteiger partial charge in [-0.3, -0.25) is 9.69 Å². The van der Waals surface area contributed by atoms with Crippen LogP contribution in [0, 0.1) is 5.92 Å². The Kier molecular flexibility index (Phi) is 8.45. The lowest BCUT2D eigenvalue weighted by atomic mass is 9.90. The summed E-state index contributed by atoms with van der Waals surface area (Å²) in [4.78, 5) is 37.7. The first kappa shape index (κ1) is 28.1. The van der Waals surface area contributed by atoms with E-state index in [9.17, 15) is 9.59 Å². The van der Waals surface area contributed by atoms with Crippen molar-refractivity contribution in [2.45, 2.75) is 84.4 Å². The molecule has 2 aliphatic heterocycles. The van der Waals surface area contributed by atoms with Gasteiger partial charge in [0.2, 0.25) is 0 Å². The summed E-state index contributed by atoms with van der Waals surface area (Å²) in [5.41, 5.74) is 4.02. The van der Waals surface area contributed by atoms with E-state index >= 15 is 0 Å². The monoisotopic (exact) mass is 545 g/mol. The van der Waals surface area contributed by atoms with Gasteiger partial charge >= 0.3 is 6.09 Å². The fourth-order valence-electron chi connectivity index (χ4n) is 5.76. The average Bonchev–Trinajstić information content (AvgIpc) is 3.52. The topological polar surface area (TPSA) is 90.6 Å². The zero-order chi connectivity index (χ0) is 28.3. The van der Waals surface area contributed by atoms with Gasteiger partial charge in [-0.05, 0) is 115 Å². The Morgan fingerprint density at radius 2 is 1.80 bits per heavy atom. The summed E-state index contributed by atoms with van der Waals surface area (Å²) in [6.07, 6.45) is 6.33. The fraction of sp³-hybridized carbons (Fsp3) is 0.531. The molecule has 3 aromatic rings. The molecule has 0 saturated carbocycles. The van der Waals surface area contributed by atoms with Crippen LogP contribution in [0.4, 0.5) is 10.5 Å². The van der Waals surface area contributed by atoms with E-state index in [2.05, 4.69) is 34.3 Å². The van der Waals surface area contributed by atoms with Crippen LogP contribution in [0.25, 0.3) is 11.0 Å². The first-order valence-electron chi connectivity index (χ1n) is 14.7. The van der Waals surface area contributed by atoms with Crippen molar-refractivity contribution in [3.8, 4) is 0 Å². The first-order chi connectivity index (χ1) is 19.1. The number of hydrogen-bond donors (Lipinski definition) is 2. The van der Waals surface area contributed by atoms with Crippen molar-refractivity contribution in [2.24, 2.45) is 5.92 Å². The fourth-order valence-corrected chi connectivity index (χ4v) is 5.76. The van der Waals surface area contributed by atoms with E-state index < -0.39 is 5.60 Å². The third-order valence-corrected chi connectivity index (χ3v) is 8.16. The predicted molar refractivity (Wildman–Crippen MR) is 158 cm³/mol. The number of piperidine rings is 1. The highest BCUT2D eigenvalue weighted by atomic mass is 16.6. The maximum Gasteiger partial charge on any atom is 0.410 e. The van der Waals surface area contributed by atoms with Gasteiger partial charge in [0.25, 0.3) is 5.91 Å². The number of carbonyl (C=O) groups excluding carboxylic acids is 2. The van der Waals surface area contributed by atoms with Gasteiger partial charge in [0.1, 0.15) is 11.4 Å². The number of anilines is 1. The molecular weight excluding hydrogens is 502 g/mol. The third-order valence-electron chi connectivity index (χ3n) is 8.16. The number of benzene rings is 2. The number of rotatable bonds is 7. The molecule has 8 heteroatoms. The molecule has 5 rings (SSSR count). The minimum absolute atomic E-state index is 0.119. The van der Waals surface area contributed by atoms with E-state index in [1.54, 1.807) is 0 Å². The number of nitrogens with one attached hydrogen (secondary N) is 2. The lowest BCUT2D eigenvalue weighted by molar-refractivity contribution is 0.0181. The molecule has 0 unspecified atom stereocenters. The van der Waals surface area contributed by atoms with Crippen LogP contribution in [-0.4, -0.2) is 63.0 Å². The van der Waals surface area contributed by atoms with Gasteiger partial charge < -0.3 is 19.9 Å². The number of aromatic amines is 1. The van der Waals surface area contributed by atoms with Gasteiger partial charge in [0.05, 0.1) is 17.6 Å². The lowest BCUT2D eigenvalue weighted by Crippen LogP contribution is -2.41. The number of carbonyl (C=O) groups is 2. The molecule has 0 aliphatic carbocycles. The number of aromatic nitrogens is 2. The number of amides is 2. The molecule has 0 radical (unpaired) electrons. The van der Waals surface area contributed by atoms with Crippen LogP contribution in [0.3, 0.4) is 0 Å². The van der Waals surface area contributed by atoms with E-state index in [4.69, 9.17) is 9.72 Å². The molecule has 2 N–H and O–H groups in total. The maximum absolute atomic E-state index is 12.9. The smallest absolute Gasteiger partial charge is 0.410 e. The third kappa shape index (κ3) is 7.22. The number of aryl methyl sites for hydroxylation is 1. The average molecular weight is 546 g/mol. The van der Waals surface area contributed by atoms with Crippen molar-refractivity contribution in [2.75, 3.05) is 25.0 Å². The summed E-state index contributed by atoms with van der Waals surface area (Å²) in [7, 11) is 0. The predicted octanol–water partition coefficient (Wildman–Crippen LogP) is 6.38. The number of hydrogen-bond acceptors (Lipinski definition) is 5. The van der Waals surface area contributed by atoms with Crippen LogP contribution in [0.2, 0.25) is 0 Å². The van der Waals surface area contributed by atoms with Crippen molar-refractivity contribution in [3.63, 3.8) is 0 Å². The Balaban J connectivity index is 1.09. The standard InChI is InChI=1S/C32H43N5O3/c1-22-6-5-17-37(22)21-29-34-27-14-13-26(20-28(27)35-29)33-30(38)25-11-9-23(10-12-25)7-8-24-15-18-36(19-16-24)31(39)40-32(2,3)4/h9-14,20,22,24H,5-8,15-19,21H2,1-4H3,(H,33,38)(H,34,35)/t22-/m0/s1. The molecule has 8 nitrogen and oxygen atoms in total.